The van der Waals surface area contributed by atoms with Crippen LogP contribution < -0.4 is 0 Å². The monoisotopic (exact) mass is 126 g/mol. The van der Waals surface area contributed by atoms with Crippen LogP contribution in [-0.4, -0.2) is 0 Å². The van der Waals surface area contributed by atoms with Crippen LogP contribution in [-0.2, 0) is 0 Å². The number of hydrogen-bond acceptors (Lipinski definition) is 0. The lowest BCUT2D eigenvalue weighted by atomic mass is 10.3. The summed E-state index contributed by atoms with van der Waals surface area (Å²) in [6, 6.07) is 0. The van der Waals surface area contributed by atoms with Crippen molar-refractivity contribution < 1.29 is 0 Å². The van der Waals surface area contributed by atoms with Gasteiger partial charge in [-0.3, -0.25) is 0 Å². The van der Waals surface area contributed by atoms with E-state index < -0.39 is 0 Å². The number of rotatable bonds is 3. The van der Waals surface area contributed by atoms with Crippen LogP contribution in [0.4, 0.5) is 0 Å². The molecule has 0 saturated heterocycles. The molecule has 0 spiro atoms. The molecule has 0 heterocycles. The number of hydrogen-bond donors (Lipinski definition) is 0. The first-order valence-electron chi connectivity index (χ1n) is 3.56. The van der Waals surface area contributed by atoms with Crippen molar-refractivity contribution in [2.75, 3.05) is 0 Å². The summed E-state index contributed by atoms with van der Waals surface area (Å²) in [5.41, 5.74) is 0. The molecule has 0 aliphatic carbocycles. The molecule has 54 valence electrons. The maximum atomic E-state index is 3.36. The molecule has 0 bridgehead atoms. The first kappa shape index (κ1) is 11.3. The molecule has 0 aromatic rings. The molecule has 9 heavy (non-hydrogen) atoms. The van der Waals surface area contributed by atoms with Gasteiger partial charge in [0.15, 0.2) is 0 Å². The highest BCUT2D eigenvalue weighted by Gasteiger charge is 1.68. The molecule has 0 unspecified atom stereocenters. The van der Waals surface area contributed by atoms with Crippen molar-refractivity contribution >= 4 is 0 Å². The average Bonchev–Trinajstić information content (AvgIpc) is 1.91. The van der Waals surface area contributed by atoms with Crippen LogP contribution in [0.15, 0.2) is 25.3 Å². The summed E-state index contributed by atoms with van der Waals surface area (Å²) in [5.74, 6) is 0. The van der Waals surface area contributed by atoms with E-state index in [4.69, 9.17) is 0 Å². The highest BCUT2D eigenvalue weighted by atomic mass is 13.7. The van der Waals surface area contributed by atoms with Crippen molar-refractivity contribution in [1.82, 2.24) is 0 Å². The van der Waals surface area contributed by atoms with Gasteiger partial charge in [-0.15, -0.1) is 0 Å². The fourth-order valence-electron chi connectivity index (χ4n) is 0.354. The lowest BCUT2D eigenvalue weighted by Gasteiger charge is -1.79. The largest absolute Gasteiger partial charge is 0.0991 e. The number of allylic oxidation sites excluding steroid dienone is 2. The topological polar surface area (TPSA) is 0 Å². The van der Waals surface area contributed by atoms with E-state index in [1.165, 1.54) is 19.3 Å². The molecular formula is C9H18. The van der Waals surface area contributed by atoms with Crippen LogP contribution in [0.25, 0.3) is 0 Å². The van der Waals surface area contributed by atoms with E-state index in [-0.39, 0.29) is 0 Å². The Bertz CT molecular complexity index is 45.1. The zero-order valence-corrected chi connectivity index (χ0v) is 6.69. The standard InChI is InChI=1S/C5H12.C4H6/c1-3-5-4-2;1-3-4-2/h3-5H2,1-2H3;3-4H,1-2H2. The lowest BCUT2D eigenvalue weighted by molar-refractivity contribution is 0.772. The lowest BCUT2D eigenvalue weighted by Crippen LogP contribution is -1.59. The van der Waals surface area contributed by atoms with E-state index in [9.17, 15) is 0 Å². The Hall–Kier alpha value is -0.520. The van der Waals surface area contributed by atoms with E-state index in [0.29, 0.717) is 0 Å². The second-order valence-electron chi connectivity index (χ2n) is 1.82. The Morgan fingerprint density at radius 1 is 1.00 bits per heavy atom. The van der Waals surface area contributed by atoms with Gasteiger partial charge in [-0.05, 0) is 0 Å². The van der Waals surface area contributed by atoms with E-state index in [1.807, 2.05) is 0 Å². The van der Waals surface area contributed by atoms with Gasteiger partial charge in [-0.1, -0.05) is 58.4 Å². The minimum Gasteiger partial charge on any atom is -0.0991 e. The Labute approximate surface area is 59.3 Å². The quantitative estimate of drug-likeness (QED) is 0.507. The Kier molecular flexibility index (Phi) is 19.6. The fourth-order valence-corrected chi connectivity index (χ4v) is 0.354. The summed E-state index contributed by atoms with van der Waals surface area (Å²) in [4.78, 5) is 0. The molecule has 0 N–H and O–H groups in total. The van der Waals surface area contributed by atoms with Gasteiger partial charge >= 0.3 is 0 Å². The van der Waals surface area contributed by atoms with Crippen molar-refractivity contribution in [2.45, 2.75) is 33.1 Å². The predicted octanol–water partition coefficient (Wildman–Crippen LogP) is 3.55. The van der Waals surface area contributed by atoms with Crippen molar-refractivity contribution in [2.24, 2.45) is 0 Å². The molecule has 0 saturated carbocycles. The fraction of sp³-hybridized carbons (Fsp3) is 0.556. The summed E-state index contributed by atoms with van der Waals surface area (Å²) in [6.07, 6.45) is 7.35. The van der Waals surface area contributed by atoms with Gasteiger partial charge in [0.25, 0.3) is 0 Å². The van der Waals surface area contributed by atoms with Crippen LogP contribution in [0, 0.1) is 0 Å². The van der Waals surface area contributed by atoms with E-state index in [2.05, 4.69) is 27.0 Å². The van der Waals surface area contributed by atoms with Crippen LogP contribution in [0.1, 0.15) is 33.1 Å². The van der Waals surface area contributed by atoms with Gasteiger partial charge in [0, 0.05) is 0 Å². The summed E-state index contributed by atoms with van der Waals surface area (Å²) in [5, 5.41) is 0. The summed E-state index contributed by atoms with van der Waals surface area (Å²) in [7, 11) is 0. The highest BCUT2D eigenvalue weighted by molar-refractivity contribution is 4.88. The average molecular weight is 126 g/mol. The van der Waals surface area contributed by atoms with Crippen molar-refractivity contribution in [3.63, 3.8) is 0 Å². The smallest absolute Gasteiger partial charge is 0.0538 e. The molecule has 0 radical (unpaired) electrons. The van der Waals surface area contributed by atoms with Crippen molar-refractivity contribution in [3.05, 3.63) is 25.3 Å². The molecule has 0 aliphatic heterocycles. The predicted molar refractivity (Wildman–Crippen MR) is 45.6 cm³/mol. The molecule has 0 heteroatoms. The van der Waals surface area contributed by atoms with Crippen LogP contribution >= 0.6 is 0 Å². The molecule has 0 fully saturated rings. The SMILES string of the molecule is C=CC=C.CCCCC. The molecule has 0 amide bonds. The molecule has 0 rings (SSSR count). The van der Waals surface area contributed by atoms with Crippen molar-refractivity contribution in [1.29, 1.82) is 0 Å². The van der Waals surface area contributed by atoms with Gasteiger partial charge in [-0.2, -0.15) is 0 Å². The zero-order chi connectivity index (χ0) is 7.54. The summed E-state index contributed by atoms with van der Waals surface area (Å²) in [6.45, 7) is 11.1. The highest BCUT2D eigenvalue weighted by Crippen LogP contribution is 1.88. The third kappa shape index (κ3) is 36.5. The summed E-state index contributed by atoms with van der Waals surface area (Å²) < 4.78 is 0. The van der Waals surface area contributed by atoms with Crippen LogP contribution in [0.2, 0.25) is 0 Å². The van der Waals surface area contributed by atoms with Gasteiger partial charge in [0.05, 0.1) is 0 Å². The molecule has 0 nitrogen and oxygen atoms in total. The van der Waals surface area contributed by atoms with E-state index in [1.54, 1.807) is 12.2 Å². The van der Waals surface area contributed by atoms with E-state index in [0.717, 1.165) is 0 Å². The molecule has 0 aromatic carbocycles. The second-order valence-corrected chi connectivity index (χ2v) is 1.82. The van der Waals surface area contributed by atoms with Gasteiger partial charge < -0.3 is 0 Å². The second kappa shape index (κ2) is 15.6. The van der Waals surface area contributed by atoms with Gasteiger partial charge in [-0.25, -0.2) is 0 Å². The van der Waals surface area contributed by atoms with Crippen molar-refractivity contribution in [3.8, 4) is 0 Å². The normalized spacial score (nSPS) is 6.89. The molecule has 0 atom stereocenters. The third-order valence-electron chi connectivity index (χ3n) is 0.874. The Morgan fingerprint density at radius 3 is 1.33 bits per heavy atom. The minimum atomic E-state index is 1.34. The van der Waals surface area contributed by atoms with Crippen LogP contribution in [0.3, 0.4) is 0 Å². The van der Waals surface area contributed by atoms with E-state index >= 15 is 0 Å². The first-order chi connectivity index (χ1) is 4.33. The minimum absolute atomic E-state index is 1.34. The zero-order valence-electron chi connectivity index (χ0n) is 6.69. The maximum absolute atomic E-state index is 3.36. The van der Waals surface area contributed by atoms with Gasteiger partial charge in [0.2, 0.25) is 0 Å². The van der Waals surface area contributed by atoms with Gasteiger partial charge in [0.1, 0.15) is 0 Å². The molecular weight excluding hydrogens is 108 g/mol. The number of unbranched alkanes of at least 4 members (excludes halogenated alkanes) is 2. The maximum Gasteiger partial charge on any atom is -0.0538 e. The molecule has 0 aliphatic rings. The molecule has 0 aromatic heterocycles. The Morgan fingerprint density at radius 2 is 1.33 bits per heavy atom. The van der Waals surface area contributed by atoms with Crippen LogP contribution in [0.5, 0.6) is 0 Å². The summed E-state index contributed by atoms with van der Waals surface area (Å²) >= 11 is 0. The first-order valence-corrected chi connectivity index (χ1v) is 3.56. The third-order valence-corrected chi connectivity index (χ3v) is 0.874. The Balaban J connectivity index is 0.